The van der Waals surface area contributed by atoms with Gasteiger partial charge in [-0.05, 0) is 37.8 Å². The standard InChI is InChI=1S/C14H18N2O3/c17-11-2-1-3-12(18)13(11)14(19)16-10-6-8-4-5-9(7-10)15-8/h1-3,8-10,15,17-18H,4-7H2,(H,16,19). The van der Waals surface area contributed by atoms with Crippen molar-refractivity contribution < 1.29 is 15.0 Å². The molecule has 0 aromatic heterocycles. The summed E-state index contributed by atoms with van der Waals surface area (Å²) in [5, 5.41) is 25.8. The van der Waals surface area contributed by atoms with Crippen molar-refractivity contribution in [1.82, 2.24) is 10.6 Å². The molecule has 5 nitrogen and oxygen atoms in total. The van der Waals surface area contributed by atoms with Gasteiger partial charge in [-0.2, -0.15) is 0 Å². The summed E-state index contributed by atoms with van der Waals surface area (Å²) in [5.41, 5.74) is -0.0339. The van der Waals surface area contributed by atoms with Gasteiger partial charge in [-0.1, -0.05) is 6.07 Å². The van der Waals surface area contributed by atoms with E-state index in [9.17, 15) is 15.0 Å². The van der Waals surface area contributed by atoms with Crippen LogP contribution >= 0.6 is 0 Å². The van der Waals surface area contributed by atoms with E-state index >= 15 is 0 Å². The van der Waals surface area contributed by atoms with Crippen LogP contribution in [0, 0.1) is 0 Å². The van der Waals surface area contributed by atoms with Crippen molar-refractivity contribution >= 4 is 5.91 Å². The van der Waals surface area contributed by atoms with E-state index in [1.165, 1.54) is 31.0 Å². The monoisotopic (exact) mass is 262 g/mol. The predicted octanol–water partition coefficient (Wildman–Crippen LogP) is 1.11. The lowest BCUT2D eigenvalue weighted by molar-refractivity contribution is 0.0918. The fourth-order valence-electron chi connectivity index (χ4n) is 3.19. The van der Waals surface area contributed by atoms with E-state index in [-0.39, 0.29) is 23.1 Å². The maximum atomic E-state index is 12.1. The minimum Gasteiger partial charge on any atom is -0.507 e. The number of piperidine rings is 1. The van der Waals surface area contributed by atoms with Crippen LogP contribution in [0.5, 0.6) is 11.5 Å². The molecular weight excluding hydrogens is 244 g/mol. The van der Waals surface area contributed by atoms with Gasteiger partial charge in [-0.25, -0.2) is 0 Å². The number of benzene rings is 1. The van der Waals surface area contributed by atoms with Crippen molar-refractivity contribution in [2.45, 2.75) is 43.8 Å². The Morgan fingerprint density at radius 3 is 2.32 bits per heavy atom. The molecule has 5 heteroatoms. The highest BCUT2D eigenvalue weighted by Gasteiger charge is 2.34. The Bertz CT molecular complexity index is 471. The van der Waals surface area contributed by atoms with Crippen LogP contribution in [0.3, 0.4) is 0 Å². The quantitative estimate of drug-likeness (QED) is 0.643. The predicted molar refractivity (Wildman–Crippen MR) is 70.2 cm³/mol. The lowest BCUT2D eigenvalue weighted by Gasteiger charge is -2.29. The highest BCUT2D eigenvalue weighted by atomic mass is 16.3. The molecule has 2 fully saturated rings. The molecule has 0 saturated carbocycles. The number of amides is 1. The first-order valence-electron chi connectivity index (χ1n) is 6.71. The Hall–Kier alpha value is -1.75. The molecule has 2 atom stereocenters. The SMILES string of the molecule is O=C(NC1CC2CCC(C1)N2)c1c(O)cccc1O. The Balaban J connectivity index is 1.71. The van der Waals surface area contributed by atoms with Crippen LogP contribution in [-0.2, 0) is 0 Å². The Morgan fingerprint density at radius 1 is 1.16 bits per heavy atom. The maximum absolute atomic E-state index is 12.1. The first-order valence-corrected chi connectivity index (χ1v) is 6.71. The summed E-state index contributed by atoms with van der Waals surface area (Å²) < 4.78 is 0. The van der Waals surface area contributed by atoms with Gasteiger partial charge < -0.3 is 20.8 Å². The molecule has 2 heterocycles. The lowest BCUT2D eigenvalue weighted by atomic mass is 9.99. The molecule has 1 amide bonds. The summed E-state index contributed by atoms with van der Waals surface area (Å²) in [6.45, 7) is 0. The highest BCUT2D eigenvalue weighted by Crippen LogP contribution is 2.29. The smallest absolute Gasteiger partial charge is 0.259 e. The first-order chi connectivity index (χ1) is 9.13. The summed E-state index contributed by atoms with van der Waals surface area (Å²) in [6.07, 6.45) is 4.16. The molecule has 0 spiro atoms. The van der Waals surface area contributed by atoms with E-state index in [1.807, 2.05) is 0 Å². The number of hydrogen-bond acceptors (Lipinski definition) is 4. The van der Waals surface area contributed by atoms with Gasteiger partial charge in [0.05, 0.1) is 0 Å². The van der Waals surface area contributed by atoms with Crippen LogP contribution in [-0.4, -0.2) is 34.2 Å². The molecular formula is C14H18N2O3. The van der Waals surface area contributed by atoms with E-state index in [0.717, 1.165) is 12.8 Å². The molecule has 2 saturated heterocycles. The van der Waals surface area contributed by atoms with E-state index in [0.29, 0.717) is 12.1 Å². The largest absolute Gasteiger partial charge is 0.507 e. The number of carbonyl (C=O) groups excluding carboxylic acids is 1. The zero-order valence-electron chi connectivity index (χ0n) is 10.6. The highest BCUT2D eigenvalue weighted by molar-refractivity contribution is 5.99. The van der Waals surface area contributed by atoms with Gasteiger partial charge >= 0.3 is 0 Å². The van der Waals surface area contributed by atoms with E-state index < -0.39 is 5.91 Å². The van der Waals surface area contributed by atoms with Gasteiger partial charge in [0, 0.05) is 18.1 Å². The molecule has 4 N–H and O–H groups in total. The number of rotatable bonds is 2. The van der Waals surface area contributed by atoms with Crippen LogP contribution in [0.15, 0.2) is 18.2 Å². The zero-order valence-corrected chi connectivity index (χ0v) is 10.6. The fraction of sp³-hybridized carbons (Fsp3) is 0.500. The van der Waals surface area contributed by atoms with Crippen LogP contribution < -0.4 is 10.6 Å². The van der Waals surface area contributed by atoms with Crippen molar-refractivity contribution in [2.75, 3.05) is 0 Å². The zero-order chi connectivity index (χ0) is 13.4. The molecule has 0 radical (unpaired) electrons. The number of fused-ring (bicyclic) bond motifs is 2. The molecule has 0 aliphatic carbocycles. The van der Waals surface area contributed by atoms with E-state index in [2.05, 4.69) is 10.6 Å². The number of hydrogen-bond donors (Lipinski definition) is 4. The second-order valence-corrected chi connectivity index (χ2v) is 5.45. The summed E-state index contributed by atoms with van der Waals surface area (Å²) in [6, 6.07) is 5.41. The summed E-state index contributed by atoms with van der Waals surface area (Å²) in [7, 11) is 0. The van der Waals surface area contributed by atoms with Crippen molar-refractivity contribution in [3.8, 4) is 11.5 Å². The van der Waals surface area contributed by atoms with Gasteiger partial charge in [0.25, 0.3) is 5.91 Å². The first kappa shape index (κ1) is 12.3. The summed E-state index contributed by atoms with van der Waals surface area (Å²) in [5.74, 6) is -0.772. The molecule has 2 unspecified atom stereocenters. The molecule has 19 heavy (non-hydrogen) atoms. The number of nitrogens with one attached hydrogen (secondary N) is 2. The van der Waals surface area contributed by atoms with E-state index in [1.54, 1.807) is 0 Å². The average molecular weight is 262 g/mol. The van der Waals surface area contributed by atoms with Gasteiger partial charge in [0.1, 0.15) is 17.1 Å². The Morgan fingerprint density at radius 2 is 1.74 bits per heavy atom. The molecule has 1 aromatic carbocycles. The van der Waals surface area contributed by atoms with Crippen molar-refractivity contribution in [2.24, 2.45) is 0 Å². The minimum atomic E-state index is -0.401. The van der Waals surface area contributed by atoms with Gasteiger partial charge in [-0.3, -0.25) is 4.79 Å². The number of aromatic hydroxyl groups is 2. The van der Waals surface area contributed by atoms with Crippen LogP contribution in [0.1, 0.15) is 36.0 Å². The number of phenolic OH excluding ortho intramolecular Hbond substituents is 2. The maximum Gasteiger partial charge on any atom is 0.259 e. The van der Waals surface area contributed by atoms with Gasteiger partial charge in [0.2, 0.25) is 0 Å². The normalized spacial score (nSPS) is 29.2. The number of carbonyl (C=O) groups is 1. The lowest BCUT2D eigenvalue weighted by Crippen LogP contribution is -2.48. The third-order valence-electron chi connectivity index (χ3n) is 4.06. The second-order valence-electron chi connectivity index (χ2n) is 5.45. The minimum absolute atomic E-state index is 0.0339. The molecule has 2 bridgehead atoms. The third-order valence-corrected chi connectivity index (χ3v) is 4.06. The summed E-state index contributed by atoms with van der Waals surface area (Å²) in [4.78, 5) is 12.1. The van der Waals surface area contributed by atoms with Crippen molar-refractivity contribution in [1.29, 1.82) is 0 Å². The van der Waals surface area contributed by atoms with Crippen LogP contribution in [0.4, 0.5) is 0 Å². The molecule has 2 aliphatic heterocycles. The molecule has 2 aliphatic rings. The van der Waals surface area contributed by atoms with Crippen LogP contribution in [0.2, 0.25) is 0 Å². The second kappa shape index (κ2) is 4.74. The Labute approximate surface area is 111 Å². The molecule has 102 valence electrons. The van der Waals surface area contributed by atoms with Crippen molar-refractivity contribution in [3.63, 3.8) is 0 Å². The number of phenols is 2. The average Bonchev–Trinajstić information content (AvgIpc) is 2.68. The van der Waals surface area contributed by atoms with Crippen molar-refractivity contribution in [3.05, 3.63) is 23.8 Å². The van der Waals surface area contributed by atoms with Gasteiger partial charge in [-0.15, -0.1) is 0 Å². The molecule has 3 rings (SSSR count). The molecule has 1 aromatic rings. The third kappa shape index (κ3) is 2.38. The fourth-order valence-corrected chi connectivity index (χ4v) is 3.19. The van der Waals surface area contributed by atoms with Crippen LogP contribution in [0.25, 0.3) is 0 Å². The Kier molecular flexibility index (Phi) is 3.06. The topological polar surface area (TPSA) is 81.6 Å². The van der Waals surface area contributed by atoms with E-state index in [4.69, 9.17) is 0 Å². The summed E-state index contributed by atoms with van der Waals surface area (Å²) >= 11 is 0. The van der Waals surface area contributed by atoms with Gasteiger partial charge in [0.15, 0.2) is 0 Å².